The molecule has 0 radical (unpaired) electrons. The van der Waals surface area contributed by atoms with E-state index in [4.69, 9.17) is 0 Å². The number of benzene rings is 2. The van der Waals surface area contributed by atoms with E-state index in [1.54, 1.807) is 6.07 Å². The standard InChI is InChI=1S/C16H15FN2O4/c1-10(20)11-6-7-14(15(8-11)19(22)23)18-9-16(21)12-4-2-3-5-13(12)17/h2-8,16,18,21H,9H2,1H3/t16-/m0/s1. The third kappa shape index (κ3) is 3.89. The van der Waals surface area contributed by atoms with Crippen LogP contribution in [0.1, 0.15) is 28.9 Å². The van der Waals surface area contributed by atoms with Crippen LogP contribution in [0.3, 0.4) is 0 Å². The van der Waals surface area contributed by atoms with Gasteiger partial charge >= 0.3 is 0 Å². The zero-order valence-corrected chi connectivity index (χ0v) is 12.3. The normalized spacial score (nSPS) is 11.8. The van der Waals surface area contributed by atoms with Gasteiger partial charge in [0.25, 0.3) is 5.69 Å². The van der Waals surface area contributed by atoms with Crippen molar-refractivity contribution in [2.45, 2.75) is 13.0 Å². The van der Waals surface area contributed by atoms with Gasteiger partial charge in [0.1, 0.15) is 11.5 Å². The molecule has 2 N–H and O–H groups in total. The Hall–Kier alpha value is -2.80. The van der Waals surface area contributed by atoms with Gasteiger partial charge in [0.05, 0.1) is 11.0 Å². The number of aliphatic hydroxyl groups excluding tert-OH is 1. The van der Waals surface area contributed by atoms with E-state index < -0.39 is 16.8 Å². The number of nitro groups is 1. The molecule has 2 rings (SSSR count). The molecule has 0 fully saturated rings. The molecule has 6 nitrogen and oxygen atoms in total. The first kappa shape index (κ1) is 16.6. The van der Waals surface area contributed by atoms with Crippen molar-refractivity contribution >= 4 is 17.2 Å². The van der Waals surface area contributed by atoms with E-state index in [0.717, 1.165) is 0 Å². The molecule has 0 unspecified atom stereocenters. The summed E-state index contributed by atoms with van der Waals surface area (Å²) in [5, 5.41) is 23.8. The first-order chi connectivity index (χ1) is 10.9. The first-order valence-electron chi connectivity index (χ1n) is 6.86. The van der Waals surface area contributed by atoms with Crippen molar-refractivity contribution in [1.29, 1.82) is 0 Å². The highest BCUT2D eigenvalue weighted by molar-refractivity contribution is 5.95. The minimum atomic E-state index is -1.16. The molecule has 2 aromatic carbocycles. The molecular weight excluding hydrogens is 303 g/mol. The van der Waals surface area contributed by atoms with Crippen molar-refractivity contribution in [3.8, 4) is 0 Å². The van der Waals surface area contributed by atoms with E-state index >= 15 is 0 Å². The Morgan fingerprint density at radius 1 is 1.35 bits per heavy atom. The molecule has 1 atom stereocenters. The van der Waals surface area contributed by atoms with Gasteiger partial charge in [-0.3, -0.25) is 14.9 Å². The molecule has 0 aromatic heterocycles. The monoisotopic (exact) mass is 318 g/mol. The second-order valence-corrected chi connectivity index (χ2v) is 4.96. The molecular formula is C16H15FN2O4. The lowest BCUT2D eigenvalue weighted by molar-refractivity contribution is -0.384. The topological polar surface area (TPSA) is 92.5 Å². The maximum atomic E-state index is 13.6. The SMILES string of the molecule is CC(=O)c1ccc(NC[C@H](O)c2ccccc2F)c([N+](=O)[O-])c1. The number of rotatable bonds is 6. The van der Waals surface area contributed by atoms with Gasteiger partial charge in [-0.2, -0.15) is 0 Å². The number of hydrogen-bond acceptors (Lipinski definition) is 5. The largest absolute Gasteiger partial charge is 0.386 e. The molecule has 0 spiro atoms. The van der Waals surface area contributed by atoms with Crippen LogP contribution in [0.2, 0.25) is 0 Å². The number of aliphatic hydroxyl groups is 1. The van der Waals surface area contributed by atoms with Crippen LogP contribution >= 0.6 is 0 Å². The maximum absolute atomic E-state index is 13.6. The predicted molar refractivity (Wildman–Crippen MR) is 83.0 cm³/mol. The number of halogens is 1. The van der Waals surface area contributed by atoms with Crippen LogP contribution in [0.25, 0.3) is 0 Å². The molecule has 0 aliphatic heterocycles. The number of ketones is 1. The number of hydrogen-bond donors (Lipinski definition) is 2. The average Bonchev–Trinajstić information content (AvgIpc) is 2.52. The number of Topliss-reactive ketones (excluding diaryl/α,β-unsaturated/α-hetero) is 1. The second-order valence-electron chi connectivity index (χ2n) is 4.96. The summed E-state index contributed by atoms with van der Waals surface area (Å²) in [5.74, 6) is -0.839. The van der Waals surface area contributed by atoms with E-state index in [-0.39, 0.29) is 34.8 Å². The van der Waals surface area contributed by atoms with Crippen LogP contribution in [-0.4, -0.2) is 22.4 Å². The van der Waals surface area contributed by atoms with E-state index in [9.17, 15) is 24.4 Å². The third-order valence-electron chi connectivity index (χ3n) is 3.35. The number of nitrogens with zero attached hydrogens (tertiary/aromatic N) is 1. The predicted octanol–water partition coefficient (Wildman–Crippen LogP) is 3.08. The minimum absolute atomic E-state index is 0.100. The Labute approximate surface area is 131 Å². The van der Waals surface area contributed by atoms with Crippen LogP contribution in [0, 0.1) is 15.9 Å². The van der Waals surface area contributed by atoms with Crippen molar-refractivity contribution in [3.05, 3.63) is 69.5 Å². The summed E-state index contributed by atoms with van der Waals surface area (Å²) in [4.78, 5) is 21.8. The number of nitro benzene ring substituents is 1. The maximum Gasteiger partial charge on any atom is 0.293 e. The molecule has 2 aromatic rings. The number of nitrogens with one attached hydrogen (secondary N) is 1. The van der Waals surface area contributed by atoms with Gasteiger partial charge in [-0.1, -0.05) is 18.2 Å². The van der Waals surface area contributed by atoms with E-state index in [0.29, 0.717) is 0 Å². The van der Waals surface area contributed by atoms with Gasteiger partial charge in [0, 0.05) is 23.7 Å². The molecule has 0 saturated carbocycles. The van der Waals surface area contributed by atoms with Crippen molar-refractivity contribution in [3.63, 3.8) is 0 Å². The van der Waals surface area contributed by atoms with Gasteiger partial charge in [0.15, 0.2) is 5.78 Å². The Morgan fingerprint density at radius 2 is 2.04 bits per heavy atom. The number of carbonyl (C=O) groups is 1. The Balaban J connectivity index is 2.18. The van der Waals surface area contributed by atoms with Crippen LogP contribution in [-0.2, 0) is 0 Å². The lowest BCUT2D eigenvalue weighted by Gasteiger charge is -2.14. The van der Waals surface area contributed by atoms with Crippen molar-refractivity contribution < 1.29 is 19.2 Å². The Kier molecular flexibility index (Phi) is 5.02. The third-order valence-corrected chi connectivity index (χ3v) is 3.35. The van der Waals surface area contributed by atoms with Crippen LogP contribution in [0.15, 0.2) is 42.5 Å². The van der Waals surface area contributed by atoms with E-state index in [2.05, 4.69) is 5.32 Å². The van der Waals surface area contributed by atoms with E-state index in [1.165, 1.54) is 43.3 Å². The summed E-state index contributed by atoms with van der Waals surface area (Å²) in [6.07, 6.45) is -1.16. The highest BCUT2D eigenvalue weighted by atomic mass is 19.1. The highest BCUT2D eigenvalue weighted by Gasteiger charge is 2.18. The lowest BCUT2D eigenvalue weighted by atomic mass is 10.1. The molecule has 23 heavy (non-hydrogen) atoms. The second kappa shape index (κ2) is 6.97. The zero-order valence-electron chi connectivity index (χ0n) is 12.3. The van der Waals surface area contributed by atoms with Crippen molar-refractivity contribution in [1.82, 2.24) is 0 Å². The zero-order chi connectivity index (χ0) is 17.0. The molecule has 7 heteroatoms. The smallest absolute Gasteiger partial charge is 0.293 e. The van der Waals surface area contributed by atoms with Crippen molar-refractivity contribution in [2.75, 3.05) is 11.9 Å². The molecule has 0 aliphatic carbocycles. The van der Waals surface area contributed by atoms with Gasteiger partial charge in [-0.15, -0.1) is 0 Å². The Bertz CT molecular complexity index is 749. The quantitative estimate of drug-likeness (QED) is 0.485. The van der Waals surface area contributed by atoms with Gasteiger partial charge in [0.2, 0.25) is 0 Å². The van der Waals surface area contributed by atoms with E-state index in [1.807, 2.05) is 0 Å². The average molecular weight is 318 g/mol. The molecule has 0 heterocycles. The molecule has 0 bridgehead atoms. The first-order valence-corrected chi connectivity index (χ1v) is 6.86. The minimum Gasteiger partial charge on any atom is -0.386 e. The van der Waals surface area contributed by atoms with Gasteiger partial charge in [-0.05, 0) is 25.1 Å². The van der Waals surface area contributed by atoms with Crippen LogP contribution in [0.4, 0.5) is 15.8 Å². The molecule has 0 amide bonds. The summed E-state index contributed by atoms with van der Waals surface area (Å²) in [5.41, 5.74) is 0.189. The summed E-state index contributed by atoms with van der Waals surface area (Å²) in [6, 6.07) is 9.77. The summed E-state index contributed by atoms with van der Waals surface area (Å²) in [6.45, 7) is 1.20. The Morgan fingerprint density at radius 3 is 2.65 bits per heavy atom. The number of anilines is 1. The van der Waals surface area contributed by atoms with Crippen LogP contribution < -0.4 is 5.32 Å². The highest BCUT2D eigenvalue weighted by Crippen LogP contribution is 2.27. The molecule has 0 aliphatic rings. The fourth-order valence-corrected chi connectivity index (χ4v) is 2.11. The number of carbonyl (C=O) groups excluding carboxylic acids is 1. The van der Waals surface area contributed by atoms with Crippen molar-refractivity contribution in [2.24, 2.45) is 0 Å². The summed E-state index contributed by atoms with van der Waals surface area (Å²) >= 11 is 0. The summed E-state index contributed by atoms with van der Waals surface area (Å²) < 4.78 is 13.6. The van der Waals surface area contributed by atoms with Gasteiger partial charge in [-0.25, -0.2) is 4.39 Å². The molecule has 120 valence electrons. The fourth-order valence-electron chi connectivity index (χ4n) is 2.11. The lowest BCUT2D eigenvalue weighted by Crippen LogP contribution is -2.14. The summed E-state index contributed by atoms with van der Waals surface area (Å²) in [7, 11) is 0. The van der Waals surface area contributed by atoms with Gasteiger partial charge < -0.3 is 10.4 Å². The molecule has 0 saturated heterocycles. The van der Waals surface area contributed by atoms with Crippen LogP contribution in [0.5, 0.6) is 0 Å². The fraction of sp³-hybridized carbons (Fsp3) is 0.188.